The van der Waals surface area contributed by atoms with Crippen LogP contribution < -0.4 is 10.1 Å². The van der Waals surface area contributed by atoms with Crippen LogP contribution in [0.15, 0.2) is 12.1 Å². The zero-order valence-corrected chi connectivity index (χ0v) is 17.1. The first-order valence-electron chi connectivity index (χ1n) is 10.5. The molecule has 0 aliphatic carbocycles. The maximum absolute atomic E-state index is 12.7. The number of H-pyrrole nitrogens is 1. The van der Waals surface area contributed by atoms with E-state index >= 15 is 0 Å². The number of urea groups is 1. The highest BCUT2D eigenvalue weighted by atomic mass is 16.5. The molecular weight excluding hydrogens is 388 g/mol. The number of carboxylic acids is 1. The standard InChI is InChI=1S/C21H28N4O5/c1-29-16-3-2-15(14-6-10-30-11-7-14)18-19(16)23-20(22-18)24-21(28)25-8-4-13(5-9-25)12-17(26)27/h2-3,13-14H,4-12H2,1H3,(H,26,27)(H2,22,23,24,28). The van der Waals surface area contributed by atoms with Gasteiger partial charge in [0.1, 0.15) is 11.3 Å². The molecule has 4 rings (SSSR count). The SMILES string of the molecule is COc1ccc(C2CCOCC2)c2nc(NC(=O)N3CCC(CC(=O)O)CC3)[nH]c12. The predicted molar refractivity (Wildman–Crippen MR) is 111 cm³/mol. The maximum atomic E-state index is 12.7. The molecule has 1 aromatic carbocycles. The lowest BCUT2D eigenvalue weighted by Crippen LogP contribution is -2.41. The lowest BCUT2D eigenvalue weighted by Gasteiger charge is -2.31. The fourth-order valence-electron chi connectivity index (χ4n) is 4.42. The molecule has 1 aromatic heterocycles. The molecule has 2 aromatic rings. The molecule has 3 N–H and O–H groups in total. The molecule has 2 aliphatic rings. The van der Waals surface area contributed by atoms with Crippen molar-refractivity contribution < 1.29 is 24.2 Å². The Bertz CT molecular complexity index is 914. The summed E-state index contributed by atoms with van der Waals surface area (Å²) in [6.07, 6.45) is 3.44. The number of hydrogen-bond donors (Lipinski definition) is 3. The number of ether oxygens (including phenoxy) is 2. The minimum absolute atomic E-state index is 0.129. The molecule has 2 amide bonds. The molecule has 0 bridgehead atoms. The number of amides is 2. The fraction of sp³-hybridized carbons (Fsp3) is 0.571. The van der Waals surface area contributed by atoms with E-state index in [-0.39, 0.29) is 18.4 Å². The minimum atomic E-state index is -0.783. The summed E-state index contributed by atoms with van der Waals surface area (Å²) >= 11 is 0. The van der Waals surface area contributed by atoms with Crippen molar-refractivity contribution in [1.82, 2.24) is 14.9 Å². The van der Waals surface area contributed by atoms with Gasteiger partial charge in [-0.15, -0.1) is 0 Å². The van der Waals surface area contributed by atoms with Crippen LogP contribution in [0.4, 0.5) is 10.7 Å². The molecule has 2 fully saturated rings. The van der Waals surface area contributed by atoms with Gasteiger partial charge in [0, 0.05) is 32.7 Å². The summed E-state index contributed by atoms with van der Waals surface area (Å²) < 4.78 is 11.0. The van der Waals surface area contributed by atoms with Crippen molar-refractivity contribution in [2.24, 2.45) is 5.92 Å². The highest BCUT2D eigenvalue weighted by Crippen LogP contribution is 2.36. The van der Waals surface area contributed by atoms with E-state index in [0.717, 1.165) is 42.7 Å². The molecule has 2 saturated heterocycles. The van der Waals surface area contributed by atoms with Gasteiger partial charge in [-0.2, -0.15) is 0 Å². The number of hydrogen-bond acceptors (Lipinski definition) is 5. The molecule has 0 radical (unpaired) electrons. The van der Waals surface area contributed by atoms with Gasteiger partial charge in [0.05, 0.1) is 12.6 Å². The molecule has 9 heteroatoms. The number of benzene rings is 1. The number of aromatic nitrogens is 2. The first-order chi connectivity index (χ1) is 14.5. The van der Waals surface area contributed by atoms with Crippen LogP contribution in [0.1, 0.15) is 43.6 Å². The second-order valence-electron chi connectivity index (χ2n) is 8.01. The average Bonchev–Trinajstić information content (AvgIpc) is 3.17. The number of carboxylic acid groups (broad SMARTS) is 1. The van der Waals surface area contributed by atoms with Gasteiger partial charge in [-0.05, 0) is 49.1 Å². The Hall–Kier alpha value is -2.81. The topological polar surface area (TPSA) is 117 Å². The Labute approximate surface area is 174 Å². The third kappa shape index (κ3) is 4.35. The van der Waals surface area contributed by atoms with E-state index in [0.29, 0.717) is 43.5 Å². The smallest absolute Gasteiger partial charge is 0.324 e. The summed E-state index contributed by atoms with van der Waals surface area (Å²) in [6, 6.07) is 3.76. The van der Waals surface area contributed by atoms with Gasteiger partial charge in [0.25, 0.3) is 0 Å². The average molecular weight is 416 g/mol. The van der Waals surface area contributed by atoms with E-state index in [1.807, 2.05) is 6.07 Å². The number of imidazole rings is 1. The van der Waals surface area contributed by atoms with Gasteiger partial charge in [0.15, 0.2) is 0 Å². The summed E-state index contributed by atoms with van der Waals surface area (Å²) in [4.78, 5) is 33.2. The van der Waals surface area contributed by atoms with Gasteiger partial charge in [0.2, 0.25) is 5.95 Å². The summed E-state index contributed by atoms with van der Waals surface area (Å²) in [5.74, 6) is 0.787. The highest BCUT2D eigenvalue weighted by molar-refractivity contribution is 5.92. The molecule has 30 heavy (non-hydrogen) atoms. The number of aromatic amines is 1. The largest absolute Gasteiger partial charge is 0.494 e. The van der Waals surface area contributed by atoms with Crippen LogP contribution in [0, 0.1) is 5.92 Å². The Morgan fingerprint density at radius 2 is 2.00 bits per heavy atom. The quantitative estimate of drug-likeness (QED) is 0.689. The Balaban J connectivity index is 1.49. The van der Waals surface area contributed by atoms with Crippen molar-refractivity contribution in [3.63, 3.8) is 0 Å². The molecule has 162 valence electrons. The van der Waals surface area contributed by atoms with Gasteiger partial charge in [-0.25, -0.2) is 9.78 Å². The lowest BCUT2D eigenvalue weighted by molar-refractivity contribution is -0.138. The molecule has 9 nitrogen and oxygen atoms in total. The molecule has 2 aliphatic heterocycles. The van der Waals surface area contributed by atoms with E-state index < -0.39 is 5.97 Å². The van der Waals surface area contributed by atoms with Gasteiger partial charge < -0.3 is 24.5 Å². The maximum Gasteiger partial charge on any atom is 0.324 e. The summed E-state index contributed by atoms with van der Waals surface area (Å²) in [5.41, 5.74) is 2.73. The number of anilines is 1. The zero-order chi connectivity index (χ0) is 21.1. The number of nitrogens with one attached hydrogen (secondary N) is 2. The van der Waals surface area contributed by atoms with Crippen LogP contribution in [0.3, 0.4) is 0 Å². The van der Waals surface area contributed by atoms with Gasteiger partial charge in [-0.3, -0.25) is 10.1 Å². The predicted octanol–water partition coefficient (Wildman–Crippen LogP) is 3.18. The monoisotopic (exact) mass is 416 g/mol. The van der Waals surface area contributed by atoms with E-state index in [1.54, 1.807) is 12.0 Å². The zero-order valence-electron chi connectivity index (χ0n) is 17.1. The lowest BCUT2D eigenvalue weighted by atomic mass is 9.90. The number of methoxy groups -OCH3 is 1. The van der Waals surface area contributed by atoms with Crippen molar-refractivity contribution in [2.75, 3.05) is 38.7 Å². The molecule has 0 spiro atoms. The number of piperidine rings is 1. The van der Waals surface area contributed by atoms with E-state index in [4.69, 9.17) is 14.6 Å². The van der Waals surface area contributed by atoms with E-state index in [2.05, 4.69) is 21.4 Å². The molecule has 0 saturated carbocycles. The van der Waals surface area contributed by atoms with E-state index in [1.165, 1.54) is 0 Å². The van der Waals surface area contributed by atoms with Crippen LogP contribution in [-0.2, 0) is 9.53 Å². The van der Waals surface area contributed by atoms with Crippen molar-refractivity contribution in [1.29, 1.82) is 0 Å². The summed E-state index contributed by atoms with van der Waals surface area (Å²) in [7, 11) is 1.61. The number of likely N-dealkylation sites (tertiary alicyclic amines) is 1. The number of nitrogens with zero attached hydrogens (tertiary/aromatic N) is 2. The number of carbonyl (C=O) groups is 2. The Morgan fingerprint density at radius 1 is 1.27 bits per heavy atom. The fourth-order valence-corrected chi connectivity index (χ4v) is 4.42. The van der Waals surface area contributed by atoms with Crippen LogP contribution in [0.25, 0.3) is 11.0 Å². The Morgan fingerprint density at radius 3 is 2.67 bits per heavy atom. The van der Waals surface area contributed by atoms with Crippen molar-refractivity contribution in [2.45, 2.75) is 38.0 Å². The van der Waals surface area contributed by atoms with Crippen LogP contribution >= 0.6 is 0 Å². The molecule has 0 atom stereocenters. The second kappa shape index (κ2) is 8.91. The number of carbonyl (C=O) groups excluding carboxylic acids is 1. The molecular formula is C21H28N4O5. The third-order valence-corrected chi connectivity index (χ3v) is 6.11. The normalized spacial score (nSPS) is 18.5. The van der Waals surface area contributed by atoms with Crippen molar-refractivity contribution >= 4 is 29.0 Å². The summed E-state index contributed by atoms with van der Waals surface area (Å²) in [6.45, 7) is 2.56. The van der Waals surface area contributed by atoms with Crippen molar-refractivity contribution in [3.05, 3.63) is 17.7 Å². The van der Waals surface area contributed by atoms with Crippen LogP contribution in [-0.4, -0.2) is 65.4 Å². The van der Waals surface area contributed by atoms with Gasteiger partial charge in [-0.1, -0.05) is 6.07 Å². The van der Waals surface area contributed by atoms with E-state index in [9.17, 15) is 9.59 Å². The first-order valence-corrected chi connectivity index (χ1v) is 10.5. The van der Waals surface area contributed by atoms with Crippen LogP contribution in [0.5, 0.6) is 5.75 Å². The first kappa shape index (κ1) is 20.5. The summed E-state index contributed by atoms with van der Waals surface area (Å²) in [5, 5.41) is 11.8. The third-order valence-electron chi connectivity index (χ3n) is 6.11. The number of rotatable bonds is 5. The van der Waals surface area contributed by atoms with Crippen LogP contribution in [0.2, 0.25) is 0 Å². The molecule has 0 unspecified atom stereocenters. The second-order valence-corrected chi connectivity index (χ2v) is 8.01. The number of aliphatic carboxylic acids is 1. The minimum Gasteiger partial charge on any atom is -0.494 e. The highest BCUT2D eigenvalue weighted by Gasteiger charge is 2.26. The Kier molecular flexibility index (Phi) is 6.08. The molecule has 3 heterocycles. The van der Waals surface area contributed by atoms with Gasteiger partial charge >= 0.3 is 12.0 Å². The number of fused-ring (bicyclic) bond motifs is 1. The van der Waals surface area contributed by atoms with Crippen molar-refractivity contribution in [3.8, 4) is 5.75 Å².